The number of rotatable bonds is 5. The summed E-state index contributed by atoms with van der Waals surface area (Å²) in [5.74, 6) is 0. The summed E-state index contributed by atoms with van der Waals surface area (Å²) < 4.78 is 2.48. The van der Waals surface area contributed by atoms with Gasteiger partial charge in [-0.3, -0.25) is 0 Å². The number of hydrogen-bond acceptors (Lipinski definition) is 0. The van der Waals surface area contributed by atoms with Gasteiger partial charge in [-0.25, -0.2) is 0 Å². The van der Waals surface area contributed by atoms with Crippen LogP contribution >= 0.6 is 0 Å². The van der Waals surface area contributed by atoms with E-state index in [-0.39, 0.29) is 0 Å². The summed E-state index contributed by atoms with van der Waals surface area (Å²) in [6.45, 7) is 0. The van der Waals surface area contributed by atoms with Gasteiger partial charge in [-0.15, -0.1) is 0 Å². The largest absolute Gasteiger partial charge is 0.308 e. The summed E-state index contributed by atoms with van der Waals surface area (Å²) in [4.78, 5) is 0. The summed E-state index contributed by atoms with van der Waals surface area (Å²) >= 11 is 0. The summed E-state index contributed by atoms with van der Waals surface area (Å²) in [5, 5.41) is 5.13. The predicted molar refractivity (Wildman–Crippen MR) is 208 cm³/mol. The molecule has 8 aromatic carbocycles. The molecule has 10 aromatic rings. The fraction of sp³-hybridized carbons (Fsp3) is 0. The van der Waals surface area contributed by atoms with Crippen molar-refractivity contribution >= 4 is 38.1 Å². The Kier molecular flexibility index (Phi) is 6.25. The molecule has 1 heteroatoms. The van der Waals surface area contributed by atoms with Crippen LogP contribution in [0, 0.1) is 0 Å². The molecule has 228 valence electrons. The van der Waals surface area contributed by atoms with Crippen LogP contribution < -0.4 is 0 Å². The minimum Gasteiger partial charge on any atom is -0.308 e. The van der Waals surface area contributed by atoms with Gasteiger partial charge >= 0.3 is 0 Å². The van der Waals surface area contributed by atoms with Crippen molar-refractivity contribution in [2.75, 3.05) is 0 Å². The van der Waals surface area contributed by atoms with E-state index >= 15 is 0 Å². The molecule has 0 fully saturated rings. The maximum absolute atomic E-state index is 2.48. The maximum Gasteiger partial charge on any atom is 0.0620 e. The summed E-state index contributed by atoms with van der Waals surface area (Å²) in [6.07, 6.45) is 0. The fourth-order valence-corrected chi connectivity index (χ4v) is 7.72. The summed E-state index contributed by atoms with van der Waals surface area (Å²) in [6, 6.07) is 68.7. The van der Waals surface area contributed by atoms with Crippen molar-refractivity contribution in [2.45, 2.75) is 0 Å². The molecular weight excluding hydrogens is 591 g/mol. The molecule has 0 N–H and O–H groups in total. The second-order valence-corrected chi connectivity index (χ2v) is 13.0. The maximum atomic E-state index is 2.48. The van der Waals surface area contributed by atoms with Crippen LogP contribution in [0.25, 0.3) is 93.7 Å². The van der Waals surface area contributed by atoms with Crippen molar-refractivity contribution in [2.24, 2.45) is 0 Å². The molecule has 0 saturated carbocycles. The SMILES string of the molecule is c1ccc(-c2cccc(-c3ccc4c(c3)c3cc(-c5cccc(-c6ccccc6)c5)cc5c6cc(-c7ccccc7)ccc6n4c53)c2)cc1. The van der Waals surface area contributed by atoms with Crippen molar-refractivity contribution < 1.29 is 0 Å². The first-order valence-corrected chi connectivity index (χ1v) is 16.9. The molecule has 0 atom stereocenters. The zero-order valence-corrected chi connectivity index (χ0v) is 26.8. The Balaban J connectivity index is 1.23. The van der Waals surface area contributed by atoms with E-state index in [1.165, 1.54) is 93.7 Å². The van der Waals surface area contributed by atoms with E-state index < -0.39 is 0 Å². The number of fused-ring (bicyclic) bond motifs is 6. The van der Waals surface area contributed by atoms with Crippen LogP contribution in [0.1, 0.15) is 0 Å². The van der Waals surface area contributed by atoms with Gasteiger partial charge in [0.15, 0.2) is 0 Å². The second kappa shape index (κ2) is 11.1. The van der Waals surface area contributed by atoms with Crippen LogP contribution in [0.15, 0.2) is 188 Å². The second-order valence-electron chi connectivity index (χ2n) is 13.0. The molecule has 0 aliphatic carbocycles. The Labute approximate surface area is 285 Å². The molecule has 0 saturated heterocycles. The lowest BCUT2D eigenvalue weighted by molar-refractivity contribution is 1.37. The van der Waals surface area contributed by atoms with E-state index in [1.807, 2.05) is 0 Å². The molecule has 49 heavy (non-hydrogen) atoms. The highest BCUT2D eigenvalue weighted by Crippen LogP contribution is 2.44. The van der Waals surface area contributed by atoms with Gasteiger partial charge in [0.05, 0.1) is 16.6 Å². The van der Waals surface area contributed by atoms with Gasteiger partial charge in [0.2, 0.25) is 0 Å². The van der Waals surface area contributed by atoms with Crippen molar-refractivity contribution in [1.29, 1.82) is 0 Å². The molecule has 1 nitrogen and oxygen atoms in total. The standard InChI is InChI=1S/C48H31N/c1-4-12-32(13-5-1)35-18-10-20-37(26-35)40-23-25-47-43(29-40)45-31-41(38-21-11-19-36(27-38)33-14-6-2-7-15-33)30-44-42-28-39(34-16-8-3-9-17-34)22-24-46(42)49(47)48(44)45/h1-31H. The van der Waals surface area contributed by atoms with Gasteiger partial charge in [0.25, 0.3) is 0 Å². The zero-order valence-electron chi connectivity index (χ0n) is 26.8. The number of hydrogen-bond donors (Lipinski definition) is 0. The number of aromatic nitrogens is 1. The molecule has 0 bridgehead atoms. The molecule has 0 amide bonds. The van der Waals surface area contributed by atoms with Gasteiger partial charge < -0.3 is 4.40 Å². The molecule has 2 aromatic heterocycles. The highest BCUT2D eigenvalue weighted by Gasteiger charge is 2.20. The van der Waals surface area contributed by atoms with E-state index in [1.54, 1.807) is 0 Å². The Bertz CT molecular complexity index is 2790. The van der Waals surface area contributed by atoms with Crippen molar-refractivity contribution in [3.05, 3.63) is 188 Å². The third-order valence-electron chi connectivity index (χ3n) is 10.1. The predicted octanol–water partition coefficient (Wildman–Crippen LogP) is 13.2. The number of benzene rings is 8. The lowest BCUT2D eigenvalue weighted by atomic mass is 9.95. The minimum absolute atomic E-state index is 1.22. The van der Waals surface area contributed by atoms with E-state index in [4.69, 9.17) is 0 Å². The highest BCUT2D eigenvalue weighted by molar-refractivity contribution is 6.25. The monoisotopic (exact) mass is 621 g/mol. The first-order chi connectivity index (χ1) is 24.3. The van der Waals surface area contributed by atoms with Crippen molar-refractivity contribution in [1.82, 2.24) is 4.40 Å². The van der Waals surface area contributed by atoms with Crippen molar-refractivity contribution in [3.8, 4) is 55.6 Å². The Hall–Kier alpha value is -6.44. The smallest absolute Gasteiger partial charge is 0.0620 e. The Morgan fingerprint density at radius 2 is 0.551 bits per heavy atom. The fourth-order valence-electron chi connectivity index (χ4n) is 7.72. The summed E-state index contributed by atoms with van der Waals surface area (Å²) in [7, 11) is 0. The van der Waals surface area contributed by atoms with E-state index in [2.05, 4.69) is 192 Å². The Morgan fingerprint density at radius 1 is 0.224 bits per heavy atom. The molecule has 0 spiro atoms. The van der Waals surface area contributed by atoms with Crippen LogP contribution in [0.5, 0.6) is 0 Å². The van der Waals surface area contributed by atoms with Crippen LogP contribution in [0.3, 0.4) is 0 Å². The first kappa shape index (κ1) is 27.7. The van der Waals surface area contributed by atoms with Gasteiger partial charge in [-0.1, -0.05) is 140 Å². The Morgan fingerprint density at radius 3 is 1.00 bits per heavy atom. The third-order valence-corrected chi connectivity index (χ3v) is 10.1. The average Bonchev–Trinajstić information content (AvgIpc) is 3.70. The lowest BCUT2D eigenvalue weighted by Gasteiger charge is -2.09. The van der Waals surface area contributed by atoms with E-state index in [0.717, 1.165) is 0 Å². The normalized spacial score (nSPS) is 11.7. The molecular formula is C48H31N. The van der Waals surface area contributed by atoms with Crippen LogP contribution in [0.4, 0.5) is 0 Å². The van der Waals surface area contributed by atoms with E-state index in [9.17, 15) is 0 Å². The number of nitrogens with zero attached hydrogens (tertiary/aromatic N) is 1. The first-order valence-electron chi connectivity index (χ1n) is 16.9. The quantitative estimate of drug-likeness (QED) is 0.180. The van der Waals surface area contributed by atoms with Gasteiger partial charge in [-0.05, 0) is 104 Å². The van der Waals surface area contributed by atoms with Gasteiger partial charge in [-0.2, -0.15) is 0 Å². The molecule has 0 aliphatic heterocycles. The highest BCUT2D eigenvalue weighted by atomic mass is 14.9. The van der Waals surface area contributed by atoms with E-state index in [0.29, 0.717) is 0 Å². The molecule has 2 heterocycles. The third kappa shape index (κ3) is 4.55. The average molecular weight is 622 g/mol. The topological polar surface area (TPSA) is 4.41 Å². The van der Waals surface area contributed by atoms with Crippen LogP contribution in [0.2, 0.25) is 0 Å². The van der Waals surface area contributed by atoms with Crippen LogP contribution in [-0.4, -0.2) is 4.40 Å². The molecule has 0 radical (unpaired) electrons. The lowest BCUT2D eigenvalue weighted by Crippen LogP contribution is -1.84. The van der Waals surface area contributed by atoms with Crippen molar-refractivity contribution in [3.63, 3.8) is 0 Å². The van der Waals surface area contributed by atoms with Gasteiger partial charge in [0.1, 0.15) is 0 Å². The minimum atomic E-state index is 1.22. The molecule has 0 unspecified atom stereocenters. The summed E-state index contributed by atoms with van der Waals surface area (Å²) in [5.41, 5.74) is 16.0. The molecule has 0 aliphatic rings. The molecule has 10 rings (SSSR count). The zero-order chi connectivity index (χ0) is 32.3. The van der Waals surface area contributed by atoms with Crippen LogP contribution in [-0.2, 0) is 0 Å². The van der Waals surface area contributed by atoms with Gasteiger partial charge in [0, 0.05) is 21.5 Å².